The minimum absolute atomic E-state index is 0.225. The molecule has 1 fully saturated rings. The van der Waals surface area contributed by atoms with Gasteiger partial charge in [0.2, 0.25) is 0 Å². The van der Waals surface area contributed by atoms with E-state index in [1.54, 1.807) is 13.8 Å². The van der Waals surface area contributed by atoms with Gasteiger partial charge in [0.25, 0.3) is 0 Å². The summed E-state index contributed by atoms with van der Waals surface area (Å²) in [5.41, 5.74) is 0. The van der Waals surface area contributed by atoms with E-state index < -0.39 is 9.84 Å². The first-order valence-electron chi connectivity index (χ1n) is 5.68. The third-order valence-corrected chi connectivity index (χ3v) is 5.15. The molecule has 0 spiro atoms. The normalized spacial score (nSPS) is 17.0. The van der Waals surface area contributed by atoms with Gasteiger partial charge in [0, 0.05) is 12.3 Å². The molecule has 0 aromatic rings. The standard InChI is InChI=1S/C11H20O3S/c1-9(2)15(13,14)8-4-3-5-11(12)10-6-7-10/h9-10H,3-8H2,1-2H3. The van der Waals surface area contributed by atoms with Gasteiger partial charge in [-0.25, -0.2) is 8.42 Å². The van der Waals surface area contributed by atoms with Crippen LogP contribution in [0.5, 0.6) is 0 Å². The fraction of sp³-hybridized carbons (Fsp3) is 0.909. The molecular formula is C11H20O3S. The second-order valence-corrected chi connectivity index (χ2v) is 7.29. The highest BCUT2D eigenvalue weighted by Gasteiger charge is 2.28. The topological polar surface area (TPSA) is 51.2 Å². The van der Waals surface area contributed by atoms with Crippen molar-refractivity contribution in [2.45, 2.75) is 51.2 Å². The molecule has 15 heavy (non-hydrogen) atoms. The Morgan fingerprint density at radius 3 is 2.33 bits per heavy atom. The zero-order valence-corrected chi connectivity index (χ0v) is 10.3. The molecular weight excluding hydrogens is 212 g/mol. The maximum absolute atomic E-state index is 11.4. The molecule has 0 saturated heterocycles. The van der Waals surface area contributed by atoms with Gasteiger partial charge in [-0.15, -0.1) is 0 Å². The third kappa shape index (κ3) is 4.33. The highest BCUT2D eigenvalue weighted by Crippen LogP contribution is 2.31. The third-order valence-electron chi connectivity index (χ3n) is 2.85. The Balaban J connectivity index is 2.13. The highest BCUT2D eigenvalue weighted by molar-refractivity contribution is 7.91. The van der Waals surface area contributed by atoms with Gasteiger partial charge in [0.15, 0.2) is 9.84 Å². The summed E-state index contributed by atoms with van der Waals surface area (Å²) in [6, 6.07) is 0. The zero-order valence-electron chi connectivity index (χ0n) is 9.53. The largest absolute Gasteiger partial charge is 0.299 e. The van der Waals surface area contributed by atoms with Gasteiger partial charge in [0.05, 0.1) is 11.0 Å². The molecule has 0 atom stereocenters. The summed E-state index contributed by atoms with van der Waals surface area (Å²) in [5.74, 6) is 0.867. The van der Waals surface area contributed by atoms with E-state index in [0.29, 0.717) is 24.5 Å². The smallest absolute Gasteiger partial charge is 0.152 e. The lowest BCUT2D eigenvalue weighted by atomic mass is 10.1. The van der Waals surface area contributed by atoms with Crippen molar-refractivity contribution in [3.8, 4) is 0 Å². The lowest BCUT2D eigenvalue weighted by molar-refractivity contribution is -0.120. The Morgan fingerprint density at radius 2 is 1.87 bits per heavy atom. The fourth-order valence-electron chi connectivity index (χ4n) is 1.45. The summed E-state index contributed by atoms with van der Waals surface area (Å²) >= 11 is 0. The van der Waals surface area contributed by atoms with Gasteiger partial charge in [-0.3, -0.25) is 4.79 Å². The van der Waals surface area contributed by atoms with Crippen molar-refractivity contribution < 1.29 is 13.2 Å². The van der Waals surface area contributed by atoms with Gasteiger partial charge in [-0.2, -0.15) is 0 Å². The monoisotopic (exact) mass is 232 g/mol. The summed E-state index contributed by atoms with van der Waals surface area (Å²) in [6.45, 7) is 3.40. The summed E-state index contributed by atoms with van der Waals surface area (Å²) in [4.78, 5) is 11.3. The fourth-order valence-corrected chi connectivity index (χ4v) is 2.53. The van der Waals surface area contributed by atoms with Crippen molar-refractivity contribution in [2.75, 3.05) is 5.75 Å². The van der Waals surface area contributed by atoms with E-state index in [9.17, 15) is 13.2 Å². The molecule has 1 rings (SSSR count). The van der Waals surface area contributed by atoms with Crippen LogP contribution in [-0.4, -0.2) is 25.2 Å². The molecule has 0 radical (unpaired) electrons. The second-order valence-electron chi connectivity index (χ2n) is 4.61. The predicted molar refractivity (Wildman–Crippen MR) is 60.5 cm³/mol. The molecule has 0 aromatic carbocycles. The van der Waals surface area contributed by atoms with Gasteiger partial charge < -0.3 is 0 Å². The zero-order chi connectivity index (χ0) is 11.5. The minimum Gasteiger partial charge on any atom is -0.299 e. The molecule has 0 N–H and O–H groups in total. The van der Waals surface area contributed by atoms with Crippen molar-refractivity contribution in [3.05, 3.63) is 0 Å². The van der Waals surface area contributed by atoms with E-state index in [-0.39, 0.29) is 11.0 Å². The van der Waals surface area contributed by atoms with Crippen molar-refractivity contribution >= 4 is 15.6 Å². The molecule has 1 aliphatic rings. The number of unbranched alkanes of at least 4 members (excludes halogenated alkanes) is 1. The van der Waals surface area contributed by atoms with E-state index in [1.807, 2.05) is 0 Å². The van der Waals surface area contributed by atoms with Gasteiger partial charge in [-0.05, 0) is 39.5 Å². The van der Waals surface area contributed by atoms with Crippen LogP contribution in [-0.2, 0) is 14.6 Å². The minimum atomic E-state index is -2.91. The number of carbonyl (C=O) groups excluding carboxylic acids is 1. The summed E-state index contributed by atoms with van der Waals surface area (Å²) < 4.78 is 22.9. The molecule has 0 aromatic heterocycles. The van der Waals surface area contributed by atoms with Gasteiger partial charge >= 0.3 is 0 Å². The van der Waals surface area contributed by atoms with Crippen LogP contribution in [0.25, 0.3) is 0 Å². The maximum Gasteiger partial charge on any atom is 0.152 e. The first-order valence-corrected chi connectivity index (χ1v) is 7.39. The molecule has 0 bridgehead atoms. The lowest BCUT2D eigenvalue weighted by Gasteiger charge is -2.06. The second kappa shape index (κ2) is 5.10. The lowest BCUT2D eigenvalue weighted by Crippen LogP contribution is -2.17. The Kier molecular flexibility index (Phi) is 4.32. The van der Waals surface area contributed by atoms with Crippen LogP contribution in [0.3, 0.4) is 0 Å². The molecule has 3 nitrogen and oxygen atoms in total. The number of hydrogen-bond donors (Lipinski definition) is 0. The van der Waals surface area contributed by atoms with Crippen LogP contribution < -0.4 is 0 Å². The van der Waals surface area contributed by atoms with E-state index in [2.05, 4.69) is 0 Å². The molecule has 1 aliphatic carbocycles. The SMILES string of the molecule is CC(C)S(=O)(=O)CCCCC(=O)C1CC1. The first kappa shape index (κ1) is 12.7. The van der Waals surface area contributed by atoms with E-state index in [1.165, 1.54) is 0 Å². The molecule has 4 heteroatoms. The van der Waals surface area contributed by atoms with Crippen molar-refractivity contribution in [1.29, 1.82) is 0 Å². The Bertz CT molecular complexity index is 313. The number of carbonyl (C=O) groups is 1. The van der Waals surface area contributed by atoms with Crippen molar-refractivity contribution in [2.24, 2.45) is 5.92 Å². The Hall–Kier alpha value is -0.380. The summed E-state index contributed by atoms with van der Waals surface area (Å²) in [5, 5.41) is -0.295. The Morgan fingerprint density at radius 1 is 1.27 bits per heavy atom. The molecule has 0 heterocycles. The maximum atomic E-state index is 11.4. The number of Topliss-reactive ketones (excluding diaryl/α,β-unsaturated/α-hetero) is 1. The van der Waals surface area contributed by atoms with Crippen molar-refractivity contribution in [3.63, 3.8) is 0 Å². The van der Waals surface area contributed by atoms with Crippen molar-refractivity contribution in [1.82, 2.24) is 0 Å². The van der Waals surface area contributed by atoms with Crippen LogP contribution in [0, 0.1) is 5.92 Å². The average molecular weight is 232 g/mol. The number of rotatable bonds is 7. The van der Waals surface area contributed by atoms with E-state index in [4.69, 9.17) is 0 Å². The molecule has 0 aliphatic heterocycles. The molecule has 0 amide bonds. The van der Waals surface area contributed by atoms with Crippen LogP contribution in [0.15, 0.2) is 0 Å². The first-order chi connectivity index (χ1) is 6.93. The average Bonchev–Trinajstić information content (AvgIpc) is 2.94. The van der Waals surface area contributed by atoms with Crippen LogP contribution in [0.4, 0.5) is 0 Å². The van der Waals surface area contributed by atoms with Crippen LogP contribution >= 0.6 is 0 Å². The van der Waals surface area contributed by atoms with E-state index >= 15 is 0 Å². The summed E-state index contributed by atoms with van der Waals surface area (Å²) in [7, 11) is -2.91. The van der Waals surface area contributed by atoms with E-state index in [0.717, 1.165) is 19.3 Å². The quantitative estimate of drug-likeness (QED) is 0.630. The Labute approximate surface area is 92.2 Å². The van der Waals surface area contributed by atoms with Crippen LogP contribution in [0.1, 0.15) is 46.0 Å². The molecule has 1 saturated carbocycles. The highest BCUT2D eigenvalue weighted by atomic mass is 32.2. The molecule has 88 valence electrons. The van der Waals surface area contributed by atoms with Crippen LogP contribution in [0.2, 0.25) is 0 Å². The summed E-state index contributed by atoms with van der Waals surface area (Å²) in [6.07, 6.45) is 4.00. The van der Waals surface area contributed by atoms with Gasteiger partial charge in [-0.1, -0.05) is 0 Å². The predicted octanol–water partition coefficient (Wildman–Crippen LogP) is 1.96. The number of hydrogen-bond acceptors (Lipinski definition) is 3. The number of ketones is 1. The molecule has 0 unspecified atom stereocenters. The number of sulfone groups is 1. The van der Waals surface area contributed by atoms with Gasteiger partial charge in [0.1, 0.15) is 5.78 Å².